The molecule has 0 aliphatic heterocycles. The van der Waals surface area contributed by atoms with Crippen LogP contribution in [-0.4, -0.2) is 6.36 Å². The minimum absolute atomic E-state index is 0.164. The number of hydrogen-bond acceptors (Lipinski definition) is 2. The van der Waals surface area contributed by atoms with Crippen LogP contribution in [-0.2, 0) is 6.11 Å². The van der Waals surface area contributed by atoms with E-state index in [1.54, 1.807) is 6.92 Å². The van der Waals surface area contributed by atoms with Gasteiger partial charge in [-0.3, -0.25) is 0 Å². The van der Waals surface area contributed by atoms with E-state index < -0.39 is 75.6 Å². The van der Waals surface area contributed by atoms with Crippen molar-refractivity contribution in [2.45, 2.75) is 26.3 Å². The molecule has 43 heavy (non-hydrogen) atoms. The summed E-state index contributed by atoms with van der Waals surface area (Å²) >= 11 is 0. The second-order valence-electron chi connectivity index (χ2n) is 9.08. The minimum atomic E-state index is -5.38. The first-order valence-electron chi connectivity index (χ1n) is 11.8. The molecule has 0 amide bonds. The van der Waals surface area contributed by atoms with E-state index in [9.17, 15) is 48.3 Å². The molecule has 13 heteroatoms. The van der Waals surface area contributed by atoms with Crippen LogP contribution in [0.15, 0.2) is 54.6 Å². The zero-order chi connectivity index (χ0) is 31.9. The molecule has 224 valence electrons. The number of halogens is 11. The topological polar surface area (TPSA) is 18.5 Å². The highest BCUT2D eigenvalue weighted by Crippen LogP contribution is 2.38. The summed E-state index contributed by atoms with van der Waals surface area (Å²) in [7, 11) is 0. The number of hydrogen-bond donors (Lipinski definition) is 0. The normalized spacial score (nSPS) is 11.7. The molecule has 0 saturated carbocycles. The van der Waals surface area contributed by atoms with Gasteiger partial charge in [0.05, 0.1) is 5.56 Å². The number of aryl methyl sites for hydroxylation is 2. The molecule has 2 nitrogen and oxygen atoms in total. The van der Waals surface area contributed by atoms with Crippen LogP contribution < -0.4 is 9.47 Å². The number of ether oxygens (including phenoxy) is 2. The summed E-state index contributed by atoms with van der Waals surface area (Å²) in [6.07, 6.45) is -10.1. The summed E-state index contributed by atoms with van der Waals surface area (Å²) in [6, 6.07) is 6.74. The zero-order valence-electron chi connectivity index (χ0n) is 21.7. The molecule has 4 aromatic carbocycles. The van der Waals surface area contributed by atoms with Gasteiger partial charge in [-0.05, 0) is 66.9 Å². The van der Waals surface area contributed by atoms with Crippen molar-refractivity contribution < 1.29 is 57.8 Å². The third kappa shape index (κ3) is 7.02. The van der Waals surface area contributed by atoms with Crippen molar-refractivity contribution in [1.82, 2.24) is 0 Å². The Bertz CT molecular complexity index is 1710. The van der Waals surface area contributed by atoms with Crippen LogP contribution in [0.1, 0.15) is 27.8 Å². The summed E-state index contributed by atoms with van der Waals surface area (Å²) in [5.74, 6) is -7.49. The Balaban J connectivity index is 1.61. The van der Waals surface area contributed by atoms with E-state index in [-0.39, 0.29) is 16.7 Å². The molecule has 0 N–H and O–H groups in total. The van der Waals surface area contributed by atoms with Gasteiger partial charge in [-0.2, -0.15) is 8.78 Å². The molecule has 0 saturated heterocycles. The molecule has 0 bridgehead atoms. The molecule has 0 spiro atoms. The monoisotopic (exact) mass is 616 g/mol. The van der Waals surface area contributed by atoms with Gasteiger partial charge in [-0.1, -0.05) is 24.0 Å². The maximum atomic E-state index is 14.9. The van der Waals surface area contributed by atoms with Crippen LogP contribution in [0.2, 0.25) is 0 Å². The first-order valence-corrected chi connectivity index (χ1v) is 11.8. The Kier molecular flexibility index (Phi) is 8.35. The smallest absolute Gasteiger partial charge is 0.429 e. The van der Waals surface area contributed by atoms with Crippen molar-refractivity contribution in [3.63, 3.8) is 0 Å². The quantitative estimate of drug-likeness (QED) is 0.165. The SMILES string of the molecule is Cc1ccc(-c2cc(F)c(C(F)(F)Oc3cc(C)c(C#Cc4cc(F)c(OC(F)(F)F)c(F)c4)c(F)c3)c(F)c2)c(F)c1. The van der Waals surface area contributed by atoms with Gasteiger partial charge >= 0.3 is 12.5 Å². The van der Waals surface area contributed by atoms with Gasteiger partial charge in [0.25, 0.3) is 0 Å². The van der Waals surface area contributed by atoms with Crippen LogP contribution >= 0.6 is 0 Å². The Morgan fingerprint density at radius 3 is 1.74 bits per heavy atom. The summed E-state index contributed by atoms with van der Waals surface area (Å²) in [5, 5.41) is 0. The van der Waals surface area contributed by atoms with Crippen LogP contribution in [0.5, 0.6) is 11.5 Å². The van der Waals surface area contributed by atoms with Crippen LogP contribution in [0, 0.1) is 60.6 Å². The first kappa shape index (κ1) is 31.2. The molecular formula is C30H15F11O2. The molecule has 4 aromatic rings. The molecule has 0 heterocycles. The average Bonchev–Trinajstić information content (AvgIpc) is 2.84. The van der Waals surface area contributed by atoms with E-state index in [1.807, 2.05) is 0 Å². The van der Waals surface area contributed by atoms with Gasteiger partial charge in [-0.25, -0.2) is 26.3 Å². The van der Waals surface area contributed by atoms with E-state index in [4.69, 9.17) is 0 Å². The molecule has 0 radical (unpaired) electrons. The first-order chi connectivity index (χ1) is 19.9. The Hall–Kier alpha value is -4.73. The largest absolute Gasteiger partial charge is 0.573 e. The van der Waals surface area contributed by atoms with E-state index in [2.05, 4.69) is 21.3 Å². The van der Waals surface area contributed by atoms with Gasteiger partial charge in [0.2, 0.25) is 5.75 Å². The molecule has 0 unspecified atom stereocenters. The molecule has 4 rings (SSSR count). The molecular weight excluding hydrogens is 601 g/mol. The predicted octanol–water partition coefficient (Wildman–Crippen LogP) is 9.23. The summed E-state index contributed by atoms with van der Waals surface area (Å²) in [4.78, 5) is 0. The molecule has 0 aliphatic rings. The van der Waals surface area contributed by atoms with E-state index in [0.717, 1.165) is 12.1 Å². The highest BCUT2D eigenvalue weighted by molar-refractivity contribution is 5.65. The minimum Gasteiger partial charge on any atom is -0.429 e. The summed E-state index contributed by atoms with van der Waals surface area (Å²) in [5.41, 5.74) is -3.09. The fourth-order valence-electron chi connectivity index (χ4n) is 3.97. The van der Waals surface area contributed by atoms with Gasteiger partial charge in [-0.15, -0.1) is 13.2 Å². The van der Waals surface area contributed by atoms with Crippen molar-refractivity contribution in [1.29, 1.82) is 0 Å². The van der Waals surface area contributed by atoms with Crippen molar-refractivity contribution in [3.05, 3.63) is 117 Å². The van der Waals surface area contributed by atoms with Gasteiger partial charge in [0.1, 0.15) is 34.6 Å². The summed E-state index contributed by atoms with van der Waals surface area (Å²) in [6.45, 7) is 2.74. The lowest BCUT2D eigenvalue weighted by atomic mass is 10.0. The molecule has 0 fully saturated rings. The van der Waals surface area contributed by atoms with Gasteiger partial charge < -0.3 is 9.47 Å². The zero-order valence-corrected chi connectivity index (χ0v) is 21.7. The number of benzene rings is 4. The van der Waals surface area contributed by atoms with Crippen molar-refractivity contribution in [3.8, 4) is 34.5 Å². The lowest BCUT2D eigenvalue weighted by Gasteiger charge is -2.20. The molecule has 0 aliphatic carbocycles. The van der Waals surface area contributed by atoms with Gasteiger partial charge in [0, 0.05) is 17.2 Å². The lowest BCUT2D eigenvalue weighted by molar-refractivity contribution is -0.276. The second kappa shape index (κ2) is 11.5. The van der Waals surface area contributed by atoms with E-state index in [1.165, 1.54) is 19.1 Å². The molecule has 0 aromatic heterocycles. The van der Waals surface area contributed by atoms with Crippen molar-refractivity contribution >= 4 is 0 Å². The Morgan fingerprint density at radius 2 is 1.21 bits per heavy atom. The highest BCUT2D eigenvalue weighted by atomic mass is 19.4. The Labute approximate surface area is 236 Å². The third-order valence-corrected chi connectivity index (χ3v) is 5.82. The van der Waals surface area contributed by atoms with Crippen molar-refractivity contribution in [2.24, 2.45) is 0 Å². The van der Waals surface area contributed by atoms with Crippen LogP contribution in [0.4, 0.5) is 48.3 Å². The van der Waals surface area contributed by atoms with E-state index >= 15 is 0 Å². The lowest BCUT2D eigenvalue weighted by Crippen LogP contribution is -2.25. The standard InChI is InChI=1S/C30H15F11O2/c1-14-3-5-20(21(31)7-14)17-11-23(33)27(24(34)12-17)29(37,38)42-18-8-15(2)19(22(32)13-18)6-4-16-9-25(35)28(26(36)10-16)43-30(39,40)41/h3,5,7-13H,1-2H3. The number of rotatable bonds is 5. The van der Waals surface area contributed by atoms with Crippen LogP contribution in [0.3, 0.4) is 0 Å². The third-order valence-electron chi connectivity index (χ3n) is 5.82. The fourth-order valence-corrected chi connectivity index (χ4v) is 3.97. The second-order valence-corrected chi connectivity index (χ2v) is 9.08. The van der Waals surface area contributed by atoms with Crippen LogP contribution in [0.25, 0.3) is 11.1 Å². The average molecular weight is 616 g/mol. The predicted molar refractivity (Wildman–Crippen MR) is 131 cm³/mol. The van der Waals surface area contributed by atoms with Gasteiger partial charge in [0.15, 0.2) is 11.6 Å². The maximum absolute atomic E-state index is 14.9. The highest BCUT2D eigenvalue weighted by Gasteiger charge is 2.41. The maximum Gasteiger partial charge on any atom is 0.573 e. The number of alkyl halides is 5. The molecule has 0 atom stereocenters. The Morgan fingerprint density at radius 1 is 0.605 bits per heavy atom. The summed E-state index contributed by atoms with van der Waals surface area (Å²) < 4.78 is 161. The van der Waals surface area contributed by atoms with Crippen molar-refractivity contribution in [2.75, 3.05) is 0 Å². The fraction of sp³-hybridized carbons (Fsp3) is 0.133. The van der Waals surface area contributed by atoms with E-state index in [0.29, 0.717) is 35.9 Å².